The lowest BCUT2D eigenvalue weighted by Gasteiger charge is -2.26. The molecule has 3 rings (SSSR count). The van der Waals surface area contributed by atoms with Gasteiger partial charge in [0.25, 0.3) is 5.91 Å². The van der Waals surface area contributed by atoms with Crippen molar-refractivity contribution in [2.75, 3.05) is 26.2 Å². The Morgan fingerprint density at radius 2 is 1.89 bits per heavy atom. The lowest BCUT2D eigenvalue weighted by Crippen LogP contribution is -2.41. The van der Waals surface area contributed by atoms with Crippen LogP contribution >= 0.6 is 24.0 Å². The number of likely N-dealkylation sites (tertiary alicyclic amines) is 1. The summed E-state index contributed by atoms with van der Waals surface area (Å²) in [6, 6.07) is 7.78. The number of rotatable bonds is 5. The van der Waals surface area contributed by atoms with Gasteiger partial charge >= 0.3 is 0 Å². The maximum Gasteiger partial charge on any atom is 0.251 e. The van der Waals surface area contributed by atoms with Crippen LogP contribution in [0.15, 0.2) is 29.3 Å². The lowest BCUT2D eigenvalue weighted by molar-refractivity contribution is 0.0955. The zero-order valence-corrected chi connectivity index (χ0v) is 18.9. The van der Waals surface area contributed by atoms with E-state index in [9.17, 15) is 4.79 Å². The molecule has 0 bridgehead atoms. The van der Waals surface area contributed by atoms with Crippen molar-refractivity contribution in [1.29, 1.82) is 0 Å². The van der Waals surface area contributed by atoms with Crippen molar-refractivity contribution in [3.63, 3.8) is 0 Å². The van der Waals surface area contributed by atoms with Crippen molar-refractivity contribution in [1.82, 2.24) is 15.5 Å². The number of benzene rings is 1. The van der Waals surface area contributed by atoms with Crippen molar-refractivity contribution >= 4 is 35.8 Å². The predicted molar refractivity (Wildman–Crippen MR) is 122 cm³/mol. The number of carbonyl (C=O) groups is 1. The first-order chi connectivity index (χ1) is 12.7. The predicted octanol–water partition coefficient (Wildman–Crippen LogP) is 3.79. The number of amides is 1. The van der Waals surface area contributed by atoms with Crippen LogP contribution in [-0.2, 0) is 6.54 Å². The van der Waals surface area contributed by atoms with Gasteiger partial charge in [0.15, 0.2) is 5.96 Å². The van der Waals surface area contributed by atoms with Gasteiger partial charge in [-0.05, 0) is 56.2 Å². The highest BCUT2D eigenvalue weighted by Crippen LogP contribution is 2.45. The number of aliphatic imine (C=N–C) groups is 1. The third-order valence-electron chi connectivity index (χ3n) is 5.67. The Labute approximate surface area is 180 Å². The Morgan fingerprint density at radius 1 is 1.15 bits per heavy atom. The number of hydrogen-bond acceptors (Lipinski definition) is 2. The van der Waals surface area contributed by atoms with E-state index in [-0.39, 0.29) is 29.9 Å². The Bertz CT molecular complexity index is 655. The normalized spacial score (nSPS) is 18.4. The molecule has 0 aromatic heterocycles. The minimum Gasteiger partial charge on any atom is -0.357 e. The molecule has 1 heterocycles. The first kappa shape index (κ1) is 22.0. The van der Waals surface area contributed by atoms with Crippen molar-refractivity contribution in [3.05, 3.63) is 35.4 Å². The van der Waals surface area contributed by atoms with Gasteiger partial charge in [-0.1, -0.05) is 25.0 Å². The second-order valence-electron chi connectivity index (χ2n) is 7.61. The van der Waals surface area contributed by atoms with Crippen LogP contribution in [0.5, 0.6) is 0 Å². The first-order valence-electron chi connectivity index (χ1n) is 10.1. The van der Waals surface area contributed by atoms with E-state index in [4.69, 9.17) is 4.99 Å². The third kappa shape index (κ3) is 5.59. The van der Waals surface area contributed by atoms with Crippen molar-refractivity contribution in [2.45, 2.75) is 52.5 Å². The zero-order valence-electron chi connectivity index (χ0n) is 16.6. The van der Waals surface area contributed by atoms with Gasteiger partial charge in [-0.3, -0.25) is 4.79 Å². The van der Waals surface area contributed by atoms with E-state index >= 15 is 0 Å². The van der Waals surface area contributed by atoms with E-state index in [1.807, 2.05) is 31.2 Å². The van der Waals surface area contributed by atoms with E-state index < -0.39 is 0 Å². The molecule has 1 aromatic rings. The first-order valence-corrected chi connectivity index (χ1v) is 10.1. The fourth-order valence-corrected chi connectivity index (χ4v) is 4.31. The molecule has 0 radical (unpaired) electrons. The van der Waals surface area contributed by atoms with Gasteiger partial charge in [0.2, 0.25) is 0 Å². The van der Waals surface area contributed by atoms with Gasteiger partial charge in [-0.15, -0.1) is 24.0 Å². The molecule has 150 valence electrons. The van der Waals surface area contributed by atoms with Gasteiger partial charge in [0, 0.05) is 31.7 Å². The Balaban J connectivity index is 0.00000261. The highest BCUT2D eigenvalue weighted by atomic mass is 127. The molecule has 1 saturated heterocycles. The molecule has 1 saturated carbocycles. The van der Waals surface area contributed by atoms with Crippen LogP contribution < -0.4 is 10.6 Å². The summed E-state index contributed by atoms with van der Waals surface area (Å²) in [6.07, 6.45) is 6.81. The van der Waals surface area contributed by atoms with E-state index in [0.717, 1.165) is 31.2 Å². The van der Waals surface area contributed by atoms with Crippen molar-refractivity contribution in [2.24, 2.45) is 10.4 Å². The smallest absolute Gasteiger partial charge is 0.251 e. The summed E-state index contributed by atoms with van der Waals surface area (Å²) in [5.74, 6) is 0.993. The SMILES string of the molecule is CCNC(=O)c1cccc(CN=C(NCC)N2CCC3(CCCC3)C2)c1.I. The Morgan fingerprint density at radius 3 is 2.59 bits per heavy atom. The summed E-state index contributed by atoms with van der Waals surface area (Å²) in [4.78, 5) is 19.3. The van der Waals surface area contributed by atoms with Crippen LogP contribution in [0.4, 0.5) is 0 Å². The molecule has 2 aliphatic rings. The molecule has 2 N–H and O–H groups in total. The largest absolute Gasteiger partial charge is 0.357 e. The summed E-state index contributed by atoms with van der Waals surface area (Å²) < 4.78 is 0. The van der Waals surface area contributed by atoms with Gasteiger partial charge in [0.1, 0.15) is 0 Å². The Hall–Kier alpha value is -1.31. The van der Waals surface area contributed by atoms with E-state index in [2.05, 4.69) is 22.5 Å². The summed E-state index contributed by atoms with van der Waals surface area (Å²) in [5.41, 5.74) is 2.31. The van der Waals surface area contributed by atoms with Crippen LogP contribution in [0.3, 0.4) is 0 Å². The van der Waals surface area contributed by atoms with Crippen molar-refractivity contribution in [3.8, 4) is 0 Å². The van der Waals surface area contributed by atoms with Crippen LogP contribution in [0, 0.1) is 5.41 Å². The monoisotopic (exact) mass is 484 g/mol. The molecule has 1 aromatic carbocycles. The second-order valence-corrected chi connectivity index (χ2v) is 7.61. The molecule has 0 atom stereocenters. The van der Waals surface area contributed by atoms with Crippen LogP contribution in [0.1, 0.15) is 61.9 Å². The molecular formula is C21H33IN4O. The molecular weight excluding hydrogens is 451 g/mol. The van der Waals surface area contributed by atoms with E-state index in [0.29, 0.717) is 24.1 Å². The number of halogens is 1. The number of nitrogens with one attached hydrogen (secondary N) is 2. The number of guanidine groups is 1. The summed E-state index contributed by atoms with van der Waals surface area (Å²) >= 11 is 0. The topological polar surface area (TPSA) is 56.7 Å². The van der Waals surface area contributed by atoms with Crippen LogP contribution in [0.25, 0.3) is 0 Å². The minimum absolute atomic E-state index is 0. The third-order valence-corrected chi connectivity index (χ3v) is 5.67. The fourth-order valence-electron chi connectivity index (χ4n) is 4.31. The quantitative estimate of drug-likeness (QED) is 0.380. The standard InChI is InChI=1S/C21H32N4O.HI/c1-3-22-19(26)18-9-7-8-17(14-18)15-24-20(23-4-2)25-13-12-21(16-25)10-5-6-11-21;/h7-9,14H,3-6,10-13,15-16H2,1-2H3,(H,22,26)(H,23,24);1H. The average molecular weight is 484 g/mol. The highest BCUT2D eigenvalue weighted by molar-refractivity contribution is 14.0. The average Bonchev–Trinajstić information content (AvgIpc) is 3.29. The van der Waals surface area contributed by atoms with Crippen molar-refractivity contribution < 1.29 is 4.79 Å². The van der Waals surface area contributed by atoms with Gasteiger partial charge in [-0.2, -0.15) is 0 Å². The maximum absolute atomic E-state index is 12.0. The summed E-state index contributed by atoms with van der Waals surface area (Å²) in [6.45, 7) is 8.40. The number of hydrogen-bond donors (Lipinski definition) is 2. The Kier molecular flexibility index (Phi) is 8.38. The molecule has 1 aliphatic carbocycles. The molecule has 6 heteroatoms. The zero-order chi connectivity index (χ0) is 18.4. The van der Waals surface area contributed by atoms with Crippen LogP contribution in [-0.4, -0.2) is 42.9 Å². The number of nitrogens with zero attached hydrogens (tertiary/aromatic N) is 2. The molecule has 0 unspecified atom stereocenters. The highest BCUT2D eigenvalue weighted by Gasteiger charge is 2.41. The molecule has 2 fully saturated rings. The molecule has 5 nitrogen and oxygen atoms in total. The minimum atomic E-state index is -0.0204. The fraction of sp³-hybridized carbons (Fsp3) is 0.619. The van der Waals surface area contributed by atoms with Crippen LogP contribution in [0.2, 0.25) is 0 Å². The lowest BCUT2D eigenvalue weighted by atomic mass is 9.86. The van der Waals surface area contributed by atoms with Gasteiger partial charge < -0.3 is 15.5 Å². The molecule has 1 spiro atoms. The molecule has 27 heavy (non-hydrogen) atoms. The second kappa shape index (κ2) is 10.3. The van der Waals surface area contributed by atoms with E-state index in [1.165, 1.54) is 32.1 Å². The molecule has 1 aliphatic heterocycles. The number of carbonyl (C=O) groups excluding carboxylic acids is 1. The summed E-state index contributed by atoms with van der Waals surface area (Å²) in [7, 11) is 0. The summed E-state index contributed by atoms with van der Waals surface area (Å²) in [5, 5.41) is 6.31. The van der Waals surface area contributed by atoms with Gasteiger partial charge in [-0.25, -0.2) is 4.99 Å². The van der Waals surface area contributed by atoms with Gasteiger partial charge in [0.05, 0.1) is 6.54 Å². The van der Waals surface area contributed by atoms with E-state index in [1.54, 1.807) is 0 Å². The molecule has 1 amide bonds. The maximum atomic E-state index is 12.0.